The summed E-state index contributed by atoms with van der Waals surface area (Å²) < 4.78 is 10.6. The highest BCUT2D eigenvalue weighted by Crippen LogP contribution is 2.16. The molecule has 15 heavy (non-hydrogen) atoms. The second-order valence-electron chi connectivity index (χ2n) is 3.79. The molecule has 0 radical (unpaired) electrons. The zero-order valence-electron chi connectivity index (χ0n) is 8.73. The van der Waals surface area contributed by atoms with Gasteiger partial charge in [-0.3, -0.25) is 4.79 Å². The van der Waals surface area contributed by atoms with Crippen molar-refractivity contribution < 1.29 is 14.3 Å². The van der Waals surface area contributed by atoms with Gasteiger partial charge in [0.1, 0.15) is 24.2 Å². The molecule has 0 amide bonds. The van der Waals surface area contributed by atoms with Gasteiger partial charge in [0.25, 0.3) is 0 Å². The summed E-state index contributed by atoms with van der Waals surface area (Å²) in [4.78, 5) is 10.9. The van der Waals surface area contributed by atoms with Gasteiger partial charge in [-0.25, -0.2) is 0 Å². The van der Waals surface area contributed by atoms with Crippen LogP contribution in [0.1, 0.15) is 12.5 Å². The summed E-state index contributed by atoms with van der Waals surface area (Å²) in [6, 6.07) is 7.64. The molecule has 0 saturated carbocycles. The van der Waals surface area contributed by atoms with Crippen LogP contribution in [0.4, 0.5) is 0 Å². The molecule has 1 atom stereocenters. The number of carbonyl (C=O) groups excluding carboxylic acids is 1. The SMILES string of the molecule is CC(=O)Cc1cccc(OCC2CO2)c1. The van der Waals surface area contributed by atoms with Crippen molar-refractivity contribution in [2.45, 2.75) is 19.4 Å². The maximum absolute atomic E-state index is 10.9. The van der Waals surface area contributed by atoms with Crippen LogP contribution in [0, 0.1) is 0 Å². The molecule has 1 aromatic carbocycles. The number of Topliss-reactive ketones (excluding diaryl/α,β-unsaturated/α-hetero) is 1. The zero-order chi connectivity index (χ0) is 10.7. The van der Waals surface area contributed by atoms with Crippen molar-refractivity contribution in [2.75, 3.05) is 13.2 Å². The molecule has 0 aromatic heterocycles. The van der Waals surface area contributed by atoms with E-state index in [0.29, 0.717) is 13.0 Å². The monoisotopic (exact) mass is 206 g/mol. The van der Waals surface area contributed by atoms with E-state index in [-0.39, 0.29) is 11.9 Å². The highest BCUT2D eigenvalue weighted by Gasteiger charge is 2.22. The minimum absolute atomic E-state index is 0.165. The molecule has 0 bridgehead atoms. The van der Waals surface area contributed by atoms with Crippen LogP contribution in [0.3, 0.4) is 0 Å². The Balaban J connectivity index is 1.94. The van der Waals surface area contributed by atoms with Crippen molar-refractivity contribution in [3.05, 3.63) is 29.8 Å². The van der Waals surface area contributed by atoms with E-state index >= 15 is 0 Å². The van der Waals surface area contributed by atoms with Gasteiger partial charge in [0.15, 0.2) is 0 Å². The summed E-state index contributed by atoms with van der Waals surface area (Å²) in [6.07, 6.45) is 0.735. The Hall–Kier alpha value is -1.35. The molecule has 80 valence electrons. The second-order valence-corrected chi connectivity index (χ2v) is 3.79. The van der Waals surface area contributed by atoms with Crippen LogP contribution in [0.2, 0.25) is 0 Å². The molecule has 1 heterocycles. The van der Waals surface area contributed by atoms with Gasteiger partial charge in [-0.1, -0.05) is 12.1 Å². The van der Waals surface area contributed by atoms with E-state index in [1.807, 2.05) is 24.3 Å². The van der Waals surface area contributed by atoms with Crippen LogP contribution in [0.15, 0.2) is 24.3 Å². The Bertz CT molecular complexity index is 356. The summed E-state index contributed by atoms with van der Waals surface area (Å²) in [7, 11) is 0. The predicted molar refractivity (Wildman–Crippen MR) is 56.1 cm³/mol. The number of ether oxygens (including phenoxy) is 2. The third-order valence-corrected chi connectivity index (χ3v) is 2.19. The first kappa shape index (κ1) is 10.2. The first-order valence-corrected chi connectivity index (χ1v) is 5.07. The quantitative estimate of drug-likeness (QED) is 0.687. The lowest BCUT2D eigenvalue weighted by molar-refractivity contribution is -0.116. The number of rotatable bonds is 5. The minimum atomic E-state index is 0.165. The molecule has 0 N–H and O–H groups in total. The Labute approximate surface area is 89.0 Å². The summed E-state index contributed by atoms with van der Waals surface area (Å²) in [5.41, 5.74) is 0.997. The zero-order valence-corrected chi connectivity index (χ0v) is 8.73. The average molecular weight is 206 g/mol. The standard InChI is InChI=1S/C12H14O3/c1-9(13)5-10-3-2-4-11(6-10)14-7-12-8-15-12/h2-4,6,12H,5,7-8H2,1H3. The van der Waals surface area contributed by atoms with Crippen molar-refractivity contribution in [1.29, 1.82) is 0 Å². The van der Waals surface area contributed by atoms with Crippen molar-refractivity contribution in [1.82, 2.24) is 0 Å². The van der Waals surface area contributed by atoms with Crippen LogP contribution >= 0.6 is 0 Å². The van der Waals surface area contributed by atoms with Crippen molar-refractivity contribution in [3.63, 3.8) is 0 Å². The van der Waals surface area contributed by atoms with Gasteiger partial charge in [-0.2, -0.15) is 0 Å². The first-order chi connectivity index (χ1) is 7.24. The van der Waals surface area contributed by atoms with Crippen LogP contribution in [-0.4, -0.2) is 25.1 Å². The van der Waals surface area contributed by atoms with Crippen molar-refractivity contribution >= 4 is 5.78 Å². The largest absolute Gasteiger partial charge is 0.491 e. The molecule has 3 nitrogen and oxygen atoms in total. The van der Waals surface area contributed by atoms with Crippen LogP contribution in [0.25, 0.3) is 0 Å². The van der Waals surface area contributed by atoms with Crippen molar-refractivity contribution in [2.24, 2.45) is 0 Å². The summed E-state index contributed by atoms with van der Waals surface area (Å²) in [5, 5.41) is 0. The van der Waals surface area contributed by atoms with Gasteiger partial charge in [-0.05, 0) is 24.6 Å². The number of hydrogen-bond acceptors (Lipinski definition) is 3. The molecule has 1 saturated heterocycles. The lowest BCUT2D eigenvalue weighted by Crippen LogP contribution is -2.04. The van der Waals surface area contributed by atoms with Crippen molar-refractivity contribution in [3.8, 4) is 5.75 Å². The van der Waals surface area contributed by atoms with E-state index in [4.69, 9.17) is 9.47 Å². The average Bonchev–Trinajstić information content (AvgIpc) is 2.97. The maximum Gasteiger partial charge on any atom is 0.134 e. The molecule has 0 spiro atoms. The third-order valence-electron chi connectivity index (χ3n) is 2.19. The maximum atomic E-state index is 10.9. The first-order valence-electron chi connectivity index (χ1n) is 5.07. The molecular weight excluding hydrogens is 192 g/mol. The number of hydrogen-bond donors (Lipinski definition) is 0. The lowest BCUT2D eigenvalue weighted by atomic mass is 10.1. The van der Waals surface area contributed by atoms with E-state index in [0.717, 1.165) is 17.9 Å². The Kier molecular flexibility index (Phi) is 3.02. The highest BCUT2D eigenvalue weighted by molar-refractivity contribution is 5.78. The molecule has 0 aliphatic carbocycles. The normalized spacial score (nSPS) is 18.6. The van der Waals surface area contributed by atoms with Gasteiger partial charge in [0.05, 0.1) is 6.61 Å². The minimum Gasteiger partial charge on any atom is -0.491 e. The molecule has 1 aromatic rings. The number of ketones is 1. The van der Waals surface area contributed by atoms with Gasteiger partial charge in [0.2, 0.25) is 0 Å². The third kappa shape index (κ3) is 3.36. The fourth-order valence-electron chi connectivity index (χ4n) is 1.39. The fraction of sp³-hybridized carbons (Fsp3) is 0.417. The molecule has 2 rings (SSSR count). The molecular formula is C12H14O3. The molecule has 1 unspecified atom stereocenters. The lowest BCUT2D eigenvalue weighted by Gasteiger charge is -2.05. The highest BCUT2D eigenvalue weighted by atomic mass is 16.6. The van der Waals surface area contributed by atoms with E-state index in [1.165, 1.54) is 0 Å². The van der Waals surface area contributed by atoms with Crippen LogP contribution in [-0.2, 0) is 16.0 Å². The van der Waals surface area contributed by atoms with Gasteiger partial charge in [-0.15, -0.1) is 0 Å². The van der Waals surface area contributed by atoms with Gasteiger partial charge in [0, 0.05) is 6.42 Å². The van der Waals surface area contributed by atoms with Crippen LogP contribution in [0.5, 0.6) is 5.75 Å². The van der Waals surface area contributed by atoms with E-state index in [9.17, 15) is 4.79 Å². The van der Waals surface area contributed by atoms with Gasteiger partial charge < -0.3 is 9.47 Å². The molecule has 1 aliphatic rings. The van der Waals surface area contributed by atoms with E-state index in [2.05, 4.69) is 0 Å². The number of epoxide rings is 1. The Morgan fingerprint density at radius 3 is 3.07 bits per heavy atom. The van der Waals surface area contributed by atoms with Gasteiger partial charge >= 0.3 is 0 Å². The van der Waals surface area contributed by atoms with E-state index in [1.54, 1.807) is 6.92 Å². The summed E-state index contributed by atoms with van der Waals surface area (Å²) in [5.74, 6) is 0.974. The Morgan fingerprint density at radius 1 is 1.60 bits per heavy atom. The van der Waals surface area contributed by atoms with Crippen LogP contribution < -0.4 is 4.74 Å². The number of carbonyl (C=O) groups is 1. The predicted octanol–water partition coefficient (Wildman–Crippen LogP) is 1.60. The smallest absolute Gasteiger partial charge is 0.134 e. The van der Waals surface area contributed by atoms with E-state index < -0.39 is 0 Å². The fourth-order valence-corrected chi connectivity index (χ4v) is 1.39. The molecule has 3 heteroatoms. The topological polar surface area (TPSA) is 38.8 Å². The number of benzene rings is 1. The Morgan fingerprint density at radius 2 is 2.40 bits per heavy atom. The summed E-state index contributed by atoms with van der Waals surface area (Å²) in [6.45, 7) is 2.99. The molecule has 1 fully saturated rings. The summed E-state index contributed by atoms with van der Waals surface area (Å²) >= 11 is 0. The molecule has 1 aliphatic heterocycles. The second kappa shape index (κ2) is 4.45.